The van der Waals surface area contributed by atoms with E-state index in [1.165, 1.54) is 25.5 Å². The van der Waals surface area contributed by atoms with Crippen LogP contribution in [0.2, 0.25) is 0 Å². The van der Waals surface area contributed by atoms with Gasteiger partial charge >= 0.3 is 0 Å². The Balaban J connectivity index is 1.39. The third kappa shape index (κ3) is 3.99. The van der Waals surface area contributed by atoms with E-state index in [0.717, 1.165) is 43.5 Å². The molecule has 26 heavy (non-hydrogen) atoms. The van der Waals surface area contributed by atoms with Crippen LogP contribution in [-0.2, 0) is 0 Å². The fourth-order valence-electron chi connectivity index (χ4n) is 3.50. The second-order valence-corrected chi connectivity index (χ2v) is 7.25. The average molecular weight is 351 g/mol. The lowest BCUT2D eigenvalue weighted by Gasteiger charge is -2.36. The number of phenolic OH excluding ortho intramolecular Hbond substituents is 1. The van der Waals surface area contributed by atoms with Crippen molar-refractivity contribution < 1.29 is 9.90 Å². The summed E-state index contributed by atoms with van der Waals surface area (Å²) in [4.78, 5) is 17.3. The van der Waals surface area contributed by atoms with E-state index in [2.05, 4.69) is 21.2 Å². The number of nitrogens with one attached hydrogen (secondary N) is 1. The van der Waals surface area contributed by atoms with E-state index in [1.807, 2.05) is 18.2 Å². The van der Waals surface area contributed by atoms with Gasteiger partial charge in [-0.05, 0) is 49.1 Å². The van der Waals surface area contributed by atoms with E-state index in [1.54, 1.807) is 18.2 Å². The molecule has 0 radical (unpaired) electrons. The van der Waals surface area contributed by atoms with Crippen molar-refractivity contribution in [3.8, 4) is 5.75 Å². The van der Waals surface area contributed by atoms with Crippen LogP contribution in [0, 0.1) is 5.92 Å². The number of aromatic hydroxyl groups is 1. The minimum Gasteiger partial charge on any atom is -0.507 e. The summed E-state index contributed by atoms with van der Waals surface area (Å²) in [5.41, 5.74) is 2.16. The Kier molecular flexibility index (Phi) is 4.80. The number of amides is 1. The molecule has 1 aliphatic heterocycles. The highest BCUT2D eigenvalue weighted by atomic mass is 16.3. The van der Waals surface area contributed by atoms with Gasteiger partial charge in [-0.2, -0.15) is 0 Å². The smallest absolute Gasteiger partial charge is 0.259 e. The molecule has 1 saturated heterocycles. The quantitative estimate of drug-likeness (QED) is 0.869. The van der Waals surface area contributed by atoms with Crippen molar-refractivity contribution in [1.82, 2.24) is 4.90 Å². The van der Waals surface area contributed by atoms with Crippen LogP contribution in [0.4, 0.5) is 11.4 Å². The molecule has 2 N–H and O–H groups in total. The van der Waals surface area contributed by atoms with Gasteiger partial charge in [-0.1, -0.05) is 18.2 Å². The summed E-state index contributed by atoms with van der Waals surface area (Å²) >= 11 is 0. The molecule has 1 amide bonds. The number of nitrogens with zero attached hydrogens (tertiary/aromatic N) is 2. The molecule has 0 unspecified atom stereocenters. The molecule has 2 aliphatic rings. The highest BCUT2D eigenvalue weighted by Gasteiger charge is 2.26. The average Bonchev–Trinajstić information content (AvgIpc) is 3.47. The van der Waals surface area contributed by atoms with Gasteiger partial charge in [-0.25, -0.2) is 0 Å². The lowest BCUT2D eigenvalue weighted by molar-refractivity contribution is 0.102. The standard InChI is InChI=1S/C21H25N3O2/c25-20-7-2-1-6-19(20)21(26)22-17-4-3-5-18(14-17)24-12-10-23(11-13-24)15-16-8-9-16/h1-7,14,16,25H,8-13,15H2,(H,22,26). The number of piperazine rings is 1. The maximum absolute atomic E-state index is 12.4. The molecule has 136 valence electrons. The molecule has 0 atom stereocenters. The summed E-state index contributed by atoms with van der Waals surface area (Å²) < 4.78 is 0. The Morgan fingerprint density at radius 1 is 1.04 bits per heavy atom. The van der Waals surface area contributed by atoms with E-state index in [4.69, 9.17) is 0 Å². The first-order chi connectivity index (χ1) is 12.7. The zero-order chi connectivity index (χ0) is 17.9. The first-order valence-electron chi connectivity index (χ1n) is 9.36. The molecule has 1 heterocycles. The normalized spacial score (nSPS) is 17.9. The van der Waals surface area contributed by atoms with E-state index in [-0.39, 0.29) is 17.2 Å². The van der Waals surface area contributed by atoms with Crippen molar-refractivity contribution in [3.05, 3.63) is 54.1 Å². The van der Waals surface area contributed by atoms with Crippen molar-refractivity contribution >= 4 is 17.3 Å². The van der Waals surface area contributed by atoms with Crippen LogP contribution in [0.1, 0.15) is 23.2 Å². The first kappa shape index (κ1) is 16.9. The second-order valence-electron chi connectivity index (χ2n) is 7.25. The van der Waals surface area contributed by atoms with Crippen molar-refractivity contribution in [2.45, 2.75) is 12.8 Å². The Morgan fingerprint density at radius 3 is 2.54 bits per heavy atom. The topological polar surface area (TPSA) is 55.8 Å². The third-order valence-electron chi connectivity index (χ3n) is 5.20. The van der Waals surface area contributed by atoms with E-state index in [0.29, 0.717) is 0 Å². The molecular weight excluding hydrogens is 326 g/mol. The number of para-hydroxylation sites is 1. The maximum Gasteiger partial charge on any atom is 0.259 e. The molecule has 5 nitrogen and oxygen atoms in total. The number of rotatable bonds is 5. The monoisotopic (exact) mass is 351 g/mol. The summed E-state index contributed by atoms with van der Waals surface area (Å²) in [6.45, 7) is 5.49. The molecule has 2 aromatic rings. The summed E-state index contributed by atoms with van der Waals surface area (Å²) in [6, 6.07) is 14.5. The fourth-order valence-corrected chi connectivity index (χ4v) is 3.50. The van der Waals surface area contributed by atoms with E-state index >= 15 is 0 Å². The van der Waals surface area contributed by atoms with Gasteiger partial charge in [-0.3, -0.25) is 9.69 Å². The predicted molar refractivity (Wildman–Crippen MR) is 104 cm³/mol. The van der Waals surface area contributed by atoms with Gasteiger partial charge in [0.2, 0.25) is 0 Å². The van der Waals surface area contributed by atoms with Gasteiger partial charge in [0.15, 0.2) is 0 Å². The fraction of sp³-hybridized carbons (Fsp3) is 0.381. The first-order valence-corrected chi connectivity index (χ1v) is 9.36. The molecule has 0 bridgehead atoms. The number of phenols is 1. The van der Waals surface area contributed by atoms with Crippen LogP contribution < -0.4 is 10.2 Å². The minimum absolute atomic E-state index is 0.00654. The summed E-state index contributed by atoms with van der Waals surface area (Å²) in [6.07, 6.45) is 2.80. The van der Waals surface area contributed by atoms with Gasteiger partial charge in [0.1, 0.15) is 5.75 Å². The SMILES string of the molecule is O=C(Nc1cccc(N2CCN(CC3CC3)CC2)c1)c1ccccc1O. The van der Waals surface area contributed by atoms with Crippen LogP contribution in [0.5, 0.6) is 5.75 Å². The van der Waals surface area contributed by atoms with E-state index in [9.17, 15) is 9.90 Å². The molecule has 2 aromatic carbocycles. The largest absolute Gasteiger partial charge is 0.507 e. The number of hydrogen-bond donors (Lipinski definition) is 2. The molecule has 0 spiro atoms. The van der Waals surface area contributed by atoms with Crippen LogP contribution in [-0.4, -0.2) is 48.6 Å². The molecule has 5 heteroatoms. The van der Waals surface area contributed by atoms with Gasteiger partial charge in [0.05, 0.1) is 5.56 Å². The van der Waals surface area contributed by atoms with Gasteiger partial charge < -0.3 is 15.3 Å². The molecule has 1 saturated carbocycles. The number of anilines is 2. The van der Waals surface area contributed by atoms with Crippen molar-refractivity contribution in [2.75, 3.05) is 42.9 Å². The van der Waals surface area contributed by atoms with Crippen molar-refractivity contribution in [3.63, 3.8) is 0 Å². The third-order valence-corrected chi connectivity index (χ3v) is 5.20. The Labute approximate surface area is 154 Å². The molecule has 1 aliphatic carbocycles. The Morgan fingerprint density at radius 2 is 1.81 bits per heavy atom. The predicted octanol–water partition coefficient (Wildman–Crippen LogP) is 3.18. The summed E-state index contributed by atoms with van der Waals surface area (Å²) in [5.74, 6) is 0.636. The van der Waals surface area contributed by atoms with Crippen LogP contribution in [0.3, 0.4) is 0 Å². The van der Waals surface area contributed by atoms with Crippen LogP contribution in [0.15, 0.2) is 48.5 Å². The number of carbonyl (C=O) groups excluding carboxylic acids is 1. The molecule has 2 fully saturated rings. The summed E-state index contributed by atoms with van der Waals surface area (Å²) in [7, 11) is 0. The lowest BCUT2D eigenvalue weighted by atomic mass is 10.1. The number of benzene rings is 2. The van der Waals surface area contributed by atoms with E-state index < -0.39 is 0 Å². The number of hydrogen-bond acceptors (Lipinski definition) is 4. The Hall–Kier alpha value is -2.53. The highest BCUT2D eigenvalue weighted by Crippen LogP contribution is 2.30. The van der Waals surface area contributed by atoms with Crippen LogP contribution in [0.25, 0.3) is 0 Å². The summed E-state index contributed by atoms with van der Waals surface area (Å²) in [5, 5.41) is 12.7. The second kappa shape index (κ2) is 7.38. The number of carbonyl (C=O) groups is 1. The molecule has 4 rings (SSSR count). The van der Waals surface area contributed by atoms with Gasteiger partial charge in [0.25, 0.3) is 5.91 Å². The molecule has 0 aromatic heterocycles. The molecular formula is C21H25N3O2. The lowest BCUT2D eigenvalue weighted by Crippen LogP contribution is -2.47. The van der Waals surface area contributed by atoms with Crippen molar-refractivity contribution in [1.29, 1.82) is 0 Å². The van der Waals surface area contributed by atoms with Gasteiger partial charge in [-0.15, -0.1) is 0 Å². The van der Waals surface area contributed by atoms with Gasteiger partial charge in [0, 0.05) is 44.1 Å². The van der Waals surface area contributed by atoms with Crippen LogP contribution >= 0.6 is 0 Å². The Bertz CT molecular complexity index is 780. The highest BCUT2D eigenvalue weighted by molar-refractivity contribution is 6.06. The minimum atomic E-state index is -0.297. The zero-order valence-corrected chi connectivity index (χ0v) is 14.9. The maximum atomic E-state index is 12.4. The van der Waals surface area contributed by atoms with Crippen molar-refractivity contribution in [2.24, 2.45) is 5.92 Å². The zero-order valence-electron chi connectivity index (χ0n) is 14.9.